The van der Waals surface area contributed by atoms with Crippen molar-refractivity contribution in [3.8, 4) is 5.75 Å². The lowest BCUT2D eigenvalue weighted by molar-refractivity contribution is -0.140. The molecular weight excluding hydrogens is 310 g/mol. The Bertz CT molecular complexity index is 410. The lowest BCUT2D eigenvalue weighted by Crippen LogP contribution is -2.13. The fraction of sp³-hybridized carbons (Fsp3) is 0.500. The number of nitrogens with one attached hydrogen (secondary N) is 1. The number of benzene rings is 1. The lowest BCUT2D eigenvalue weighted by atomic mass is 10.2. The van der Waals surface area contributed by atoms with E-state index in [0.717, 1.165) is 28.9 Å². The highest BCUT2D eigenvalue weighted by Crippen LogP contribution is 2.29. The number of carbonyl (C=O) groups is 1. The Labute approximate surface area is 122 Å². The molecule has 1 aromatic rings. The van der Waals surface area contributed by atoms with E-state index in [1.807, 2.05) is 18.2 Å². The zero-order chi connectivity index (χ0) is 14.1. The minimum atomic E-state index is -0.205. The normalized spacial score (nSPS) is 10.3. The Morgan fingerprint density at radius 3 is 2.89 bits per heavy atom. The summed E-state index contributed by atoms with van der Waals surface area (Å²) in [6, 6.07) is 5.96. The van der Waals surface area contributed by atoms with E-state index < -0.39 is 0 Å². The van der Waals surface area contributed by atoms with Crippen molar-refractivity contribution in [1.82, 2.24) is 5.32 Å². The first-order valence-electron chi connectivity index (χ1n) is 6.36. The molecule has 1 N–H and O–H groups in total. The highest BCUT2D eigenvalue weighted by molar-refractivity contribution is 9.10. The summed E-state index contributed by atoms with van der Waals surface area (Å²) in [6.07, 6.45) is 1.03. The lowest BCUT2D eigenvalue weighted by Gasteiger charge is -2.13. The Morgan fingerprint density at radius 2 is 2.21 bits per heavy atom. The second kappa shape index (κ2) is 8.93. The standard InChI is InChI=1S/C14H20BrNO3/c1-3-16-10-11-6-4-7-12(15)14(11)19-9-5-8-13(17)18-2/h4,6-7,16H,3,5,8-10H2,1-2H3. The van der Waals surface area contributed by atoms with Gasteiger partial charge in [-0.15, -0.1) is 0 Å². The predicted octanol–water partition coefficient (Wildman–Crippen LogP) is 2.89. The molecule has 0 bridgehead atoms. The third kappa shape index (κ3) is 5.61. The van der Waals surface area contributed by atoms with Crippen LogP contribution in [-0.4, -0.2) is 26.2 Å². The maximum absolute atomic E-state index is 11.0. The fourth-order valence-corrected chi connectivity index (χ4v) is 2.13. The van der Waals surface area contributed by atoms with Gasteiger partial charge in [0.15, 0.2) is 0 Å². The van der Waals surface area contributed by atoms with Crippen molar-refractivity contribution in [2.45, 2.75) is 26.3 Å². The van der Waals surface area contributed by atoms with Crippen LogP contribution in [-0.2, 0) is 16.1 Å². The van der Waals surface area contributed by atoms with E-state index in [9.17, 15) is 4.79 Å². The third-order valence-electron chi connectivity index (χ3n) is 2.61. The average molecular weight is 330 g/mol. The SMILES string of the molecule is CCNCc1cccc(Br)c1OCCCC(=O)OC. The number of esters is 1. The molecule has 0 aromatic heterocycles. The molecule has 106 valence electrons. The molecule has 1 rings (SSSR count). The smallest absolute Gasteiger partial charge is 0.305 e. The highest BCUT2D eigenvalue weighted by Gasteiger charge is 2.08. The number of rotatable bonds is 8. The number of halogens is 1. The first kappa shape index (κ1) is 16.0. The van der Waals surface area contributed by atoms with Crippen molar-refractivity contribution in [2.75, 3.05) is 20.3 Å². The number of hydrogen-bond donors (Lipinski definition) is 1. The molecule has 0 aliphatic heterocycles. The molecule has 0 atom stereocenters. The minimum absolute atomic E-state index is 0.205. The largest absolute Gasteiger partial charge is 0.492 e. The molecule has 19 heavy (non-hydrogen) atoms. The van der Waals surface area contributed by atoms with Crippen LogP contribution in [0.2, 0.25) is 0 Å². The summed E-state index contributed by atoms with van der Waals surface area (Å²) in [5.41, 5.74) is 1.11. The predicted molar refractivity (Wildman–Crippen MR) is 78.3 cm³/mol. The summed E-state index contributed by atoms with van der Waals surface area (Å²) in [5, 5.41) is 3.27. The maximum Gasteiger partial charge on any atom is 0.305 e. The van der Waals surface area contributed by atoms with Gasteiger partial charge in [-0.2, -0.15) is 0 Å². The molecule has 0 saturated carbocycles. The van der Waals surface area contributed by atoms with E-state index in [2.05, 4.69) is 32.9 Å². The van der Waals surface area contributed by atoms with Gasteiger partial charge in [0.2, 0.25) is 0 Å². The number of hydrogen-bond acceptors (Lipinski definition) is 4. The van der Waals surface area contributed by atoms with Crippen LogP contribution >= 0.6 is 15.9 Å². The van der Waals surface area contributed by atoms with Gasteiger partial charge in [-0.1, -0.05) is 19.1 Å². The van der Waals surface area contributed by atoms with E-state index in [1.165, 1.54) is 7.11 Å². The molecule has 0 fully saturated rings. The van der Waals surface area contributed by atoms with Gasteiger partial charge in [-0.05, 0) is 35.0 Å². The zero-order valence-corrected chi connectivity index (χ0v) is 13.0. The molecule has 0 saturated heterocycles. The summed E-state index contributed by atoms with van der Waals surface area (Å²) in [5.74, 6) is 0.636. The number of para-hydroxylation sites is 1. The topological polar surface area (TPSA) is 47.6 Å². The molecular formula is C14H20BrNO3. The molecule has 0 unspecified atom stereocenters. The summed E-state index contributed by atoms with van der Waals surface area (Å²) in [6.45, 7) is 4.24. The van der Waals surface area contributed by atoms with E-state index in [0.29, 0.717) is 19.4 Å². The van der Waals surface area contributed by atoms with Crippen molar-refractivity contribution in [2.24, 2.45) is 0 Å². The quantitative estimate of drug-likeness (QED) is 0.588. The monoisotopic (exact) mass is 329 g/mol. The fourth-order valence-electron chi connectivity index (χ4n) is 1.61. The highest BCUT2D eigenvalue weighted by atomic mass is 79.9. The minimum Gasteiger partial charge on any atom is -0.492 e. The second-order valence-electron chi connectivity index (χ2n) is 4.04. The third-order valence-corrected chi connectivity index (χ3v) is 3.24. The molecule has 0 amide bonds. The van der Waals surface area contributed by atoms with Crippen LogP contribution in [0.5, 0.6) is 5.75 Å². The van der Waals surface area contributed by atoms with Crippen molar-refractivity contribution in [3.05, 3.63) is 28.2 Å². The van der Waals surface area contributed by atoms with Crippen molar-refractivity contribution >= 4 is 21.9 Å². The van der Waals surface area contributed by atoms with Gasteiger partial charge in [0.05, 0.1) is 18.2 Å². The molecule has 0 heterocycles. The molecule has 0 aliphatic rings. The van der Waals surface area contributed by atoms with E-state index in [4.69, 9.17) is 4.74 Å². The average Bonchev–Trinajstić information content (AvgIpc) is 2.42. The van der Waals surface area contributed by atoms with Gasteiger partial charge in [-0.25, -0.2) is 0 Å². The molecule has 5 heteroatoms. The van der Waals surface area contributed by atoms with Gasteiger partial charge < -0.3 is 14.8 Å². The molecule has 1 aromatic carbocycles. The van der Waals surface area contributed by atoms with Crippen LogP contribution in [0.1, 0.15) is 25.3 Å². The van der Waals surface area contributed by atoms with Gasteiger partial charge >= 0.3 is 5.97 Å². The Kier molecular flexibility index (Phi) is 7.52. The van der Waals surface area contributed by atoms with Crippen LogP contribution in [0, 0.1) is 0 Å². The summed E-state index contributed by atoms with van der Waals surface area (Å²) in [4.78, 5) is 11.0. The van der Waals surface area contributed by atoms with Crippen LogP contribution in [0.25, 0.3) is 0 Å². The summed E-state index contributed by atoms with van der Waals surface area (Å²) in [7, 11) is 1.39. The van der Waals surface area contributed by atoms with Gasteiger partial charge in [-0.3, -0.25) is 4.79 Å². The van der Waals surface area contributed by atoms with E-state index in [1.54, 1.807) is 0 Å². The Morgan fingerprint density at radius 1 is 1.42 bits per heavy atom. The number of methoxy groups -OCH3 is 1. The first-order valence-corrected chi connectivity index (χ1v) is 7.16. The van der Waals surface area contributed by atoms with Gasteiger partial charge in [0.1, 0.15) is 5.75 Å². The molecule has 0 spiro atoms. The van der Waals surface area contributed by atoms with Crippen molar-refractivity contribution in [1.29, 1.82) is 0 Å². The van der Waals surface area contributed by atoms with Gasteiger partial charge in [0.25, 0.3) is 0 Å². The molecule has 0 aliphatic carbocycles. The van der Waals surface area contributed by atoms with E-state index >= 15 is 0 Å². The van der Waals surface area contributed by atoms with Crippen molar-refractivity contribution in [3.63, 3.8) is 0 Å². The van der Waals surface area contributed by atoms with Crippen molar-refractivity contribution < 1.29 is 14.3 Å². The second-order valence-corrected chi connectivity index (χ2v) is 4.89. The van der Waals surface area contributed by atoms with Gasteiger partial charge in [0, 0.05) is 18.5 Å². The molecule has 0 radical (unpaired) electrons. The van der Waals surface area contributed by atoms with E-state index in [-0.39, 0.29) is 5.97 Å². The van der Waals surface area contributed by atoms with Crippen LogP contribution in [0.4, 0.5) is 0 Å². The summed E-state index contributed by atoms with van der Waals surface area (Å²) >= 11 is 3.49. The maximum atomic E-state index is 11.0. The zero-order valence-electron chi connectivity index (χ0n) is 11.4. The number of carbonyl (C=O) groups excluding carboxylic acids is 1. The Hall–Kier alpha value is -1.07. The first-order chi connectivity index (χ1) is 9.19. The number of ether oxygens (including phenoxy) is 2. The Balaban J connectivity index is 2.53. The van der Waals surface area contributed by atoms with Crippen LogP contribution < -0.4 is 10.1 Å². The van der Waals surface area contributed by atoms with Crippen LogP contribution in [0.15, 0.2) is 22.7 Å². The van der Waals surface area contributed by atoms with Crippen LogP contribution in [0.3, 0.4) is 0 Å². The molecule has 4 nitrogen and oxygen atoms in total. The summed E-state index contributed by atoms with van der Waals surface area (Å²) < 4.78 is 11.3.